The number of rotatable bonds is 3. The van der Waals surface area contributed by atoms with Crippen molar-refractivity contribution in [3.05, 3.63) is 38.9 Å². The molecule has 1 aliphatic carbocycles. The topological polar surface area (TPSA) is 120 Å². The molecule has 0 unspecified atom stereocenters. The molecule has 0 atom stereocenters. The number of carbonyl (C=O) groups excluding carboxylic acids is 1. The highest BCUT2D eigenvalue weighted by molar-refractivity contribution is 7.12. The third kappa shape index (κ3) is 2.77. The summed E-state index contributed by atoms with van der Waals surface area (Å²) in [6.45, 7) is 0. The maximum atomic E-state index is 12.4. The summed E-state index contributed by atoms with van der Waals surface area (Å²) in [6, 6.07) is 4.05. The molecule has 0 aromatic carbocycles. The number of hydrogen-bond donors (Lipinski definition) is 3. The number of carbonyl (C=O) groups is 1. The lowest BCUT2D eigenvalue weighted by atomic mass is 9.92. The highest BCUT2D eigenvalue weighted by Gasteiger charge is 2.25. The highest BCUT2D eigenvalue weighted by Crippen LogP contribution is 2.34. The molecule has 5 N–H and O–H groups in total. The molecule has 1 saturated carbocycles. The van der Waals surface area contributed by atoms with E-state index in [0.717, 1.165) is 36.8 Å². The molecule has 8 heteroatoms. The first-order valence-electron chi connectivity index (χ1n) is 8.29. The summed E-state index contributed by atoms with van der Waals surface area (Å²) in [5.41, 5.74) is 13.3. The molecule has 3 heterocycles. The number of aromatic nitrogens is 3. The van der Waals surface area contributed by atoms with E-state index in [0.29, 0.717) is 16.0 Å². The van der Waals surface area contributed by atoms with Gasteiger partial charge in [0.1, 0.15) is 5.69 Å². The third-order valence-corrected chi connectivity index (χ3v) is 5.78. The summed E-state index contributed by atoms with van der Waals surface area (Å²) in [7, 11) is 0. The van der Waals surface area contributed by atoms with E-state index in [1.165, 1.54) is 11.3 Å². The molecule has 0 spiro atoms. The second-order valence-corrected chi connectivity index (χ2v) is 7.40. The van der Waals surface area contributed by atoms with Gasteiger partial charge < -0.3 is 16.5 Å². The highest BCUT2D eigenvalue weighted by atomic mass is 32.1. The van der Waals surface area contributed by atoms with E-state index in [2.05, 4.69) is 4.98 Å². The number of fused-ring (bicyclic) bond motifs is 1. The van der Waals surface area contributed by atoms with E-state index >= 15 is 0 Å². The van der Waals surface area contributed by atoms with Crippen LogP contribution in [-0.4, -0.2) is 26.7 Å². The molecule has 1 fully saturated rings. The first-order chi connectivity index (χ1) is 12.0. The second-order valence-electron chi connectivity index (χ2n) is 6.49. The van der Waals surface area contributed by atoms with E-state index in [9.17, 15) is 9.59 Å². The van der Waals surface area contributed by atoms with Gasteiger partial charge in [-0.1, -0.05) is 0 Å². The van der Waals surface area contributed by atoms with Gasteiger partial charge in [-0.2, -0.15) is 5.10 Å². The zero-order chi connectivity index (χ0) is 17.6. The summed E-state index contributed by atoms with van der Waals surface area (Å²) in [6.07, 6.45) is 5.44. The zero-order valence-corrected chi connectivity index (χ0v) is 14.4. The van der Waals surface area contributed by atoms with Crippen molar-refractivity contribution in [1.82, 2.24) is 14.8 Å². The van der Waals surface area contributed by atoms with Crippen LogP contribution in [0.3, 0.4) is 0 Å². The Kier molecular flexibility index (Phi) is 3.93. The molecule has 1 amide bonds. The maximum absolute atomic E-state index is 12.4. The minimum Gasteiger partial charge on any atom is -0.365 e. The summed E-state index contributed by atoms with van der Waals surface area (Å²) in [5, 5.41) is 7.11. The normalized spacial score (nSPS) is 20.8. The van der Waals surface area contributed by atoms with Crippen LogP contribution in [0, 0.1) is 0 Å². The molecular formula is C17H19N5O2S. The smallest absolute Gasteiger partial charge is 0.259 e. The van der Waals surface area contributed by atoms with Crippen molar-refractivity contribution in [3.63, 3.8) is 0 Å². The number of amides is 1. The van der Waals surface area contributed by atoms with E-state index in [4.69, 9.17) is 16.6 Å². The number of nitrogens with zero attached hydrogens (tertiary/aromatic N) is 2. The molecule has 25 heavy (non-hydrogen) atoms. The van der Waals surface area contributed by atoms with Crippen LogP contribution < -0.4 is 17.0 Å². The summed E-state index contributed by atoms with van der Waals surface area (Å²) in [4.78, 5) is 27.0. The van der Waals surface area contributed by atoms with Gasteiger partial charge >= 0.3 is 0 Å². The summed E-state index contributed by atoms with van der Waals surface area (Å²) < 4.78 is 1.95. The average molecular weight is 357 g/mol. The fourth-order valence-electron chi connectivity index (χ4n) is 3.52. The number of hydrogen-bond acceptors (Lipinski definition) is 5. The standard InChI is InChI=1S/C17H19N5O2S/c18-10-1-3-11(4-2-10)22-12-5-6-20-17(24)14(12)15(21-22)9-7-13(16(19)23)25-8-9/h5-8,10-11H,1-4,18H2,(H2,19,23)(H,20,24)/t10-,11+. The summed E-state index contributed by atoms with van der Waals surface area (Å²) >= 11 is 1.26. The Morgan fingerprint density at radius 1 is 1.32 bits per heavy atom. The van der Waals surface area contributed by atoms with Crippen LogP contribution in [0.5, 0.6) is 0 Å². The van der Waals surface area contributed by atoms with Crippen LogP contribution in [-0.2, 0) is 0 Å². The van der Waals surface area contributed by atoms with Crippen LogP contribution in [0.2, 0.25) is 0 Å². The van der Waals surface area contributed by atoms with Crippen LogP contribution >= 0.6 is 11.3 Å². The molecule has 3 aromatic rings. The lowest BCUT2D eigenvalue weighted by molar-refractivity contribution is 0.100. The van der Waals surface area contributed by atoms with Gasteiger partial charge in [0.05, 0.1) is 21.8 Å². The van der Waals surface area contributed by atoms with Crippen LogP contribution in [0.4, 0.5) is 0 Å². The van der Waals surface area contributed by atoms with Gasteiger partial charge in [-0.25, -0.2) is 0 Å². The van der Waals surface area contributed by atoms with Crippen molar-refractivity contribution in [1.29, 1.82) is 0 Å². The minimum absolute atomic E-state index is 0.182. The molecule has 7 nitrogen and oxygen atoms in total. The largest absolute Gasteiger partial charge is 0.365 e. The number of H-pyrrole nitrogens is 1. The van der Waals surface area contributed by atoms with Gasteiger partial charge in [-0.3, -0.25) is 14.3 Å². The van der Waals surface area contributed by atoms with Gasteiger partial charge in [0, 0.05) is 23.2 Å². The Hall–Kier alpha value is -2.45. The quantitative estimate of drug-likeness (QED) is 0.664. The van der Waals surface area contributed by atoms with E-state index in [1.54, 1.807) is 12.3 Å². The van der Waals surface area contributed by atoms with Crippen molar-refractivity contribution in [2.24, 2.45) is 11.5 Å². The second kappa shape index (κ2) is 6.12. The Balaban J connectivity index is 1.87. The SMILES string of the molecule is NC(=O)c1cc(-c2nn([C@H]3CC[C@@H](N)CC3)c3cc[nH]c(=O)c23)cs1. The Bertz CT molecular complexity index is 994. The molecule has 3 aromatic heterocycles. The number of nitrogens with two attached hydrogens (primary N) is 2. The fraction of sp³-hybridized carbons (Fsp3) is 0.353. The Morgan fingerprint density at radius 2 is 2.08 bits per heavy atom. The van der Waals surface area contributed by atoms with Crippen LogP contribution in [0.1, 0.15) is 41.4 Å². The van der Waals surface area contributed by atoms with Crippen LogP contribution in [0.15, 0.2) is 28.5 Å². The molecule has 0 aliphatic heterocycles. The molecule has 0 radical (unpaired) electrons. The fourth-order valence-corrected chi connectivity index (χ4v) is 4.26. The predicted octanol–water partition coefficient (Wildman–Crippen LogP) is 1.99. The number of pyridine rings is 1. The van der Waals surface area contributed by atoms with Crippen molar-refractivity contribution in [3.8, 4) is 11.3 Å². The minimum atomic E-state index is -0.477. The molecule has 130 valence electrons. The number of aromatic amines is 1. The maximum Gasteiger partial charge on any atom is 0.259 e. The van der Waals surface area contributed by atoms with Crippen molar-refractivity contribution in [2.45, 2.75) is 37.8 Å². The molecule has 0 saturated heterocycles. The van der Waals surface area contributed by atoms with E-state index < -0.39 is 5.91 Å². The Labute approximate surface area is 147 Å². The first-order valence-corrected chi connectivity index (χ1v) is 9.16. The summed E-state index contributed by atoms with van der Waals surface area (Å²) in [5.74, 6) is -0.477. The van der Waals surface area contributed by atoms with Crippen molar-refractivity contribution in [2.75, 3.05) is 0 Å². The average Bonchev–Trinajstić information content (AvgIpc) is 3.21. The van der Waals surface area contributed by atoms with Gasteiger partial charge in [0.15, 0.2) is 0 Å². The molecule has 4 rings (SSSR count). The number of thiophene rings is 1. The number of nitrogens with one attached hydrogen (secondary N) is 1. The number of primary amides is 1. The Morgan fingerprint density at radius 3 is 2.76 bits per heavy atom. The van der Waals surface area contributed by atoms with Crippen molar-refractivity contribution < 1.29 is 4.79 Å². The first kappa shape index (κ1) is 16.0. The van der Waals surface area contributed by atoms with Gasteiger partial charge in [-0.15, -0.1) is 11.3 Å². The molecule has 0 bridgehead atoms. The monoisotopic (exact) mass is 357 g/mol. The third-order valence-electron chi connectivity index (χ3n) is 4.83. The zero-order valence-electron chi connectivity index (χ0n) is 13.6. The molecule has 1 aliphatic rings. The lowest BCUT2D eigenvalue weighted by Crippen LogP contribution is -2.28. The van der Waals surface area contributed by atoms with E-state index in [-0.39, 0.29) is 17.6 Å². The van der Waals surface area contributed by atoms with Crippen LogP contribution in [0.25, 0.3) is 22.2 Å². The van der Waals surface area contributed by atoms with Crippen molar-refractivity contribution >= 4 is 28.1 Å². The van der Waals surface area contributed by atoms with Gasteiger partial charge in [-0.05, 0) is 37.8 Å². The van der Waals surface area contributed by atoms with Gasteiger partial charge in [0.25, 0.3) is 11.5 Å². The van der Waals surface area contributed by atoms with Gasteiger partial charge in [0.2, 0.25) is 0 Å². The molecular weight excluding hydrogens is 338 g/mol. The van der Waals surface area contributed by atoms with E-state index in [1.807, 2.05) is 16.1 Å². The predicted molar refractivity (Wildman–Crippen MR) is 97.7 cm³/mol. The lowest BCUT2D eigenvalue weighted by Gasteiger charge is -2.26.